The number of para-hydroxylation sites is 2. The minimum absolute atomic E-state index is 0.0420. The van der Waals surface area contributed by atoms with Crippen LogP contribution < -0.4 is 15.0 Å². The first kappa shape index (κ1) is 21.7. The lowest BCUT2D eigenvalue weighted by Gasteiger charge is -2.36. The minimum Gasteiger partial charge on any atom is -0.495 e. The van der Waals surface area contributed by atoms with Crippen LogP contribution in [0.2, 0.25) is 0 Å². The van der Waals surface area contributed by atoms with Crippen LogP contribution in [-0.4, -0.2) is 56.5 Å². The molecule has 3 rings (SSSR count). The number of rotatable bonds is 9. The van der Waals surface area contributed by atoms with Crippen LogP contribution in [0, 0.1) is 0 Å². The Morgan fingerprint density at radius 3 is 2.33 bits per heavy atom. The van der Waals surface area contributed by atoms with Gasteiger partial charge in [0.2, 0.25) is 5.91 Å². The number of nitrogens with zero attached hydrogens (tertiary/aromatic N) is 2. The molecule has 6 heteroatoms. The van der Waals surface area contributed by atoms with Gasteiger partial charge in [0.1, 0.15) is 5.75 Å². The summed E-state index contributed by atoms with van der Waals surface area (Å²) in [5, 5.41) is 2.93. The van der Waals surface area contributed by atoms with Crippen molar-refractivity contribution in [3.63, 3.8) is 0 Å². The molecule has 0 bridgehead atoms. The van der Waals surface area contributed by atoms with Crippen molar-refractivity contribution in [2.24, 2.45) is 0 Å². The van der Waals surface area contributed by atoms with E-state index in [4.69, 9.17) is 4.74 Å². The number of piperazine rings is 1. The quantitative estimate of drug-likeness (QED) is 0.646. The zero-order chi connectivity index (χ0) is 21.2. The van der Waals surface area contributed by atoms with Crippen molar-refractivity contribution in [3.8, 4) is 5.75 Å². The lowest BCUT2D eigenvalue weighted by Crippen LogP contribution is -2.48. The molecule has 1 N–H and O–H groups in total. The van der Waals surface area contributed by atoms with Gasteiger partial charge in [-0.2, -0.15) is 0 Å². The van der Waals surface area contributed by atoms with Crippen LogP contribution in [0.15, 0.2) is 54.6 Å². The molecular formula is C24H31N3O3. The summed E-state index contributed by atoms with van der Waals surface area (Å²) in [6, 6.07) is 17.2. The maximum Gasteiger partial charge on any atom is 0.251 e. The Morgan fingerprint density at radius 2 is 1.60 bits per heavy atom. The average Bonchev–Trinajstić information content (AvgIpc) is 2.81. The SMILES string of the molecule is COc1ccccc1N1CCN(C(=O)CCCCCNC(=O)c2ccccc2)CC1. The van der Waals surface area contributed by atoms with Gasteiger partial charge in [-0.1, -0.05) is 36.8 Å². The summed E-state index contributed by atoms with van der Waals surface area (Å²) in [5.74, 6) is 1.05. The van der Waals surface area contributed by atoms with E-state index < -0.39 is 0 Å². The molecule has 0 aromatic heterocycles. The zero-order valence-corrected chi connectivity index (χ0v) is 17.7. The van der Waals surface area contributed by atoms with Crippen molar-refractivity contribution >= 4 is 17.5 Å². The van der Waals surface area contributed by atoms with Gasteiger partial charge in [0.15, 0.2) is 0 Å². The first-order valence-corrected chi connectivity index (χ1v) is 10.7. The third-order valence-corrected chi connectivity index (χ3v) is 5.45. The third kappa shape index (κ3) is 5.99. The van der Waals surface area contributed by atoms with Crippen LogP contribution in [-0.2, 0) is 4.79 Å². The number of hydrogen-bond acceptors (Lipinski definition) is 4. The highest BCUT2D eigenvalue weighted by Crippen LogP contribution is 2.28. The number of hydrogen-bond donors (Lipinski definition) is 1. The monoisotopic (exact) mass is 409 g/mol. The smallest absolute Gasteiger partial charge is 0.251 e. The van der Waals surface area contributed by atoms with Gasteiger partial charge in [0, 0.05) is 44.7 Å². The molecule has 6 nitrogen and oxygen atoms in total. The summed E-state index contributed by atoms with van der Waals surface area (Å²) < 4.78 is 5.45. The van der Waals surface area contributed by atoms with Crippen LogP contribution in [0.5, 0.6) is 5.75 Å². The van der Waals surface area contributed by atoms with E-state index in [1.807, 2.05) is 53.4 Å². The molecule has 1 fully saturated rings. The molecule has 2 aromatic carbocycles. The fourth-order valence-corrected chi connectivity index (χ4v) is 3.72. The highest BCUT2D eigenvalue weighted by Gasteiger charge is 2.22. The van der Waals surface area contributed by atoms with E-state index in [0.29, 0.717) is 18.5 Å². The topological polar surface area (TPSA) is 61.9 Å². The fourth-order valence-electron chi connectivity index (χ4n) is 3.72. The number of nitrogens with one attached hydrogen (secondary N) is 1. The van der Waals surface area contributed by atoms with Crippen molar-refractivity contribution in [1.29, 1.82) is 0 Å². The molecule has 0 aliphatic carbocycles. The van der Waals surface area contributed by atoms with Gasteiger partial charge in [-0.05, 0) is 37.1 Å². The molecule has 2 amide bonds. The lowest BCUT2D eigenvalue weighted by atomic mass is 10.1. The molecule has 0 radical (unpaired) electrons. The van der Waals surface area contributed by atoms with Crippen LogP contribution in [0.4, 0.5) is 5.69 Å². The molecule has 0 spiro atoms. The molecule has 0 atom stereocenters. The summed E-state index contributed by atoms with van der Waals surface area (Å²) in [6.07, 6.45) is 3.24. The molecule has 0 saturated carbocycles. The van der Waals surface area contributed by atoms with Crippen molar-refractivity contribution in [2.45, 2.75) is 25.7 Å². The van der Waals surface area contributed by atoms with Gasteiger partial charge in [-0.15, -0.1) is 0 Å². The molecule has 0 unspecified atom stereocenters. The number of anilines is 1. The summed E-state index contributed by atoms with van der Waals surface area (Å²) in [7, 11) is 1.69. The Balaban J connectivity index is 1.30. The van der Waals surface area contributed by atoms with Gasteiger partial charge < -0.3 is 19.9 Å². The van der Waals surface area contributed by atoms with E-state index in [9.17, 15) is 9.59 Å². The average molecular weight is 410 g/mol. The fraction of sp³-hybridized carbons (Fsp3) is 0.417. The molecule has 2 aromatic rings. The third-order valence-electron chi connectivity index (χ3n) is 5.45. The molecule has 160 valence electrons. The second-order valence-corrected chi connectivity index (χ2v) is 7.47. The molecule has 1 saturated heterocycles. The standard InChI is InChI=1S/C24H31N3O3/c1-30-22-13-8-7-12-21(22)26-16-18-27(19-17-26)23(28)14-6-3-9-15-25-24(29)20-10-4-2-5-11-20/h2,4-5,7-8,10-13H,3,6,9,14-19H2,1H3,(H,25,29). The number of ether oxygens (including phenoxy) is 1. The Bertz CT molecular complexity index is 817. The van der Waals surface area contributed by atoms with E-state index in [-0.39, 0.29) is 11.8 Å². The second kappa shape index (κ2) is 11.2. The largest absolute Gasteiger partial charge is 0.495 e. The van der Waals surface area contributed by atoms with Crippen LogP contribution in [0.1, 0.15) is 36.0 Å². The predicted octanol–water partition coefficient (Wildman–Crippen LogP) is 3.33. The molecule has 30 heavy (non-hydrogen) atoms. The van der Waals surface area contributed by atoms with Crippen molar-refractivity contribution in [3.05, 3.63) is 60.2 Å². The van der Waals surface area contributed by atoms with Crippen LogP contribution in [0.3, 0.4) is 0 Å². The highest BCUT2D eigenvalue weighted by molar-refractivity contribution is 5.94. The normalized spacial score (nSPS) is 13.8. The van der Waals surface area contributed by atoms with Gasteiger partial charge in [0.05, 0.1) is 12.8 Å². The second-order valence-electron chi connectivity index (χ2n) is 7.47. The van der Waals surface area contributed by atoms with E-state index in [1.54, 1.807) is 7.11 Å². The summed E-state index contributed by atoms with van der Waals surface area (Å²) >= 11 is 0. The molecule has 1 aliphatic rings. The molecule has 1 heterocycles. The van der Waals surface area contributed by atoms with Crippen molar-refractivity contribution in [2.75, 3.05) is 44.7 Å². The van der Waals surface area contributed by atoms with E-state index >= 15 is 0 Å². The van der Waals surface area contributed by atoms with Gasteiger partial charge in [-0.3, -0.25) is 9.59 Å². The Hall–Kier alpha value is -3.02. The van der Waals surface area contributed by atoms with E-state index in [2.05, 4.69) is 16.3 Å². The first-order valence-electron chi connectivity index (χ1n) is 10.7. The number of unbranched alkanes of at least 4 members (excludes halogenated alkanes) is 2. The maximum absolute atomic E-state index is 12.5. The van der Waals surface area contributed by atoms with Gasteiger partial charge in [-0.25, -0.2) is 0 Å². The number of carbonyl (C=O) groups is 2. The number of carbonyl (C=O) groups excluding carboxylic acids is 2. The number of methoxy groups -OCH3 is 1. The predicted molar refractivity (Wildman–Crippen MR) is 119 cm³/mol. The number of benzene rings is 2. The van der Waals surface area contributed by atoms with E-state index in [0.717, 1.165) is 56.9 Å². The molecule has 1 aliphatic heterocycles. The van der Waals surface area contributed by atoms with E-state index in [1.165, 1.54) is 0 Å². The van der Waals surface area contributed by atoms with Gasteiger partial charge >= 0.3 is 0 Å². The Labute approximate surface area is 178 Å². The van der Waals surface area contributed by atoms with Crippen molar-refractivity contribution < 1.29 is 14.3 Å². The first-order chi connectivity index (χ1) is 14.7. The van der Waals surface area contributed by atoms with Crippen LogP contribution >= 0.6 is 0 Å². The molecular weight excluding hydrogens is 378 g/mol. The zero-order valence-electron chi connectivity index (χ0n) is 17.7. The van der Waals surface area contributed by atoms with Crippen LogP contribution in [0.25, 0.3) is 0 Å². The minimum atomic E-state index is -0.0420. The summed E-state index contributed by atoms with van der Waals surface area (Å²) in [6.45, 7) is 3.75. The highest BCUT2D eigenvalue weighted by atomic mass is 16.5. The van der Waals surface area contributed by atoms with Crippen molar-refractivity contribution in [1.82, 2.24) is 10.2 Å². The maximum atomic E-state index is 12.5. The number of amides is 2. The lowest BCUT2D eigenvalue weighted by molar-refractivity contribution is -0.131. The van der Waals surface area contributed by atoms with Gasteiger partial charge in [0.25, 0.3) is 5.91 Å². The summed E-state index contributed by atoms with van der Waals surface area (Å²) in [5.41, 5.74) is 1.77. The Kier molecular flexibility index (Phi) is 8.12. The Morgan fingerprint density at radius 1 is 0.900 bits per heavy atom. The summed E-state index contributed by atoms with van der Waals surface area (Å²) in [4.78, 5) is 28.7.